The van der Waals surface area contributed by atoms with Gasteiger partial charge in [0.15, 0.2) is 0 Å². The molecule has 0 aromatic heterocycles. The summed E-state index contributed by atoms with van der Waals surface area (Å²) < 4.78 is 5.10. The maximum absolute atomic E-state index is 10.9. The van der Waals surface area contributed by atoms with E-state index in [0.29, 0.717) is 12.0 Å². The number of carbonyl (C=O) groups is 1. The fraction of sp³-hybridized carbons (Fsp3) is 0.706. The molecular formula is C17H26O2. The monoisotopic (exact) mass is 262 g/mol. The molecule has 2 heteroatoms. The molecule has 1 fully saturated rings. The summed E-state index contributed by atoms with van der Waals surface area (Å²) in [6.45, 7) is 11.0. The Hall–Kier alpha value is -1.05. The van der Waals surface area contributed by atoms with Crippen molar-refractivity contribution in [3.05, 3.63) is 23.8 Å². The van der Waals surface area contributed by atoms with Crippen LogP contribution in [0.1, 0.15) is 52.9 Å². The fourth-order valence-corrected chi connectivity index (χ4v) is 3.99. The first-order valence-corrected chi connectivity index (χ1v) is 7.45. The smallest absolute Gasteiger partial charge is 0.302 e. The van der Waals surface area contributed by atoms with Gasteiger partial charge in [-0.05, 0) is 54.9 Å². The number of esters is 1. The Morgan fingerprint density at radius 1 is 1.53 bits per heavy atom. The first-order chi connectivity index (χ1) is 8.95. The van der Waals surface area contributed by atoms with Gasteiger partial charge in [0.1, 0.15) is 6.61 Å². The number of carbonyl (C=O) groups excluding carboxylic acids is 1. The van der Waals surface area contributed by atoms with Crippen molar-refractivity contribution in [1.82, 2.24) is 0 Å². The first-order valence-electron chi connectivity index (χ1n) is 7.45. The second-order valence-corrected chi connectivity index (χ2v) is 6.50. The van der Waals surface area contributed by atoms with Gasteiger partial charge in [-0.3, -0.25) is 4.79 Å². The average Bonchev–Trinajstić information content (AvgIpc) is 2.66. The van der Waals surface area contributed by atoms with Crippen molar-refractivity contribution in [2.75, 3.05) is 6.61 Å². The Bertz CT molecular complexity index is 405. The summed E-state index contributed by atoms with van der Waals surface area (Å²) >= 11 is 0. The van der Waals surface area contributed by atoms with Crippen molar-refractivity contribution in [3.63, 3.8) is 0 Å². The summed E-state index contributed by atoms with van der Waals surface area (Å²) in [5, 5.41) is 0. The highest BCUT2D eigenvalue weighted by Crippen LogP contribution is 2.57. The average molecular weight is 262 g/mol. The van der Waals surface area contributed by atoms with Gasteiger partial charge in [-0.2, -0.15) is 0 Å². The zero-order valence-electron chi connectivity index (χ0n) is 12.5. The Morgan fingerprint density at radius 3 is 2.79 bits per heavy atom. The van der Waals surface area contributed by atoms with Crippen LogP contribution in [-0.4, -0.2) is 12.6 Å². The molecule has 2 nitrogen and oxygen atoms in total. The standard InChI is InChI=1S/C17H26O2/c1-12(2)16-6-5-13(3)17(16)9-7-15(8-10-17)11-19-14(4)18/h7,12,16H,3,5-6,8-11H2,1-2,4H3/t16-,17+/m0/s1. The van der Waals surface area contributed by atoms with Gasteiger partial charge in [0.2, 0.25) is 0 Å². The quantitative estimate of drug-likeness (QED) is 0.561. The van der Waals surface area contributed by atoms with E-state index in [1.165, 1.54) is 37.3 Å². The van der Waals surface area contributed by atoms with Crippen molar-refractivity contribution in [2.45, 2.75) is 52.9 Å². The van der Waals surface area contributed by atoms with Crippen molar-refractivity contribution in [3.8, 4) is 0 Å². The third-order valence-corrected chi connectivity index (χ3v) is 5.08. The molecule has 0 saturated heterocycles. The van der Waals surface area contributed by atoms with Crippen LogP contribution in [0.15, 0.2) is 23.8 Å². The van der Waals surface area contributed by atoms with E-state index < -0.39 is 0 Å². The summed E-state index contributed by atoms with van der Waals surface area (Å²) in [6, 6.07) is 0. The largest absolute Gasteiger partial charge is 0.461 e. The van der Waals surface area contributed by atoms with E-state index in [1.807, 2.05) is 0 Å². The second-order valence-electron chi connectivity index (χ2n) is 6.50. The van der Waals surface area contributed by atoms with Gasteiger partial charge in [-0.15, -0.1) is 0 Å². The van der Waals surface area contributed by atoms with Crippen LogP contribution >= 0.6 is 0 Å². The van der Waals surface area contributed by atoms with Gasteiger partial charge in [0, 0.05) is 6.92 Å². The van der Waals surface area contributed by atoms with Crippen molar-refractivity contribution >= 4 is 5.97 Å². The molecule has 0 amide bonds. The normalized spacial score (nSPS) is 30.8. The highest BCUT2D eigenvalue weighted by molar-refractivity contribution is 5.66. The van der Waals surface area contributed by atoms with Crippen LogP contribution in [0.2, 0.25) is 0 Å². The van der Waals surface area contributed by atoms with E-state index in [9.17, 15) is 4.79 Å². The van der Waals surface area contributed by atoms with Gasteiger partial charge in [0.05, 0.1) is 0 Å². The molecule has 19 heavy (non-hydrogen) atoms. The molecule has 0 radical (unpaired) electrons. The lowest BCUT2D eigenvalue weighted by atomic mass is 9.63. The van der Waals surface area contributed by atoms with Crippen LogP contribution < -0.4 is 0 Å². The minimum Gasteiger partial charge on any atom is -0.461 e. The molecule has 2 aliphatic rings. The van der Waals surface area contributed by atoms with Gasteiger partial charge in [-0.1, -0.05) is 32.1 Å². The molecule has 106 valence electrons. The molecule has 1 spiro atoms. The van der Waals surface area contributed by atoms with E-state index in [2.05, 4.69) is 26.5 Å². The summed E-state index contributed by atoms with van der Waals surface area (Å²) in [5.41, 5.74) is 3.06. The second kappa shape index (κ2) is 5.52. The lowest BCUT2D eigenvalue weighted by Crippen LogP contribution is -2.32. The molecule has 1 saturated carbocycles. The summed E-state index contributed by atoms with van der Waals surface area (Å²) in [4.78, 5) is 10.9. The van der Waals surface area contributed by atoms with Crippen molar-refractivity contribution in [1.29, 1.82) is 0 Å². The Balaban J connectivity index is 2.07. The van der Waals surface area contributed by atoms with Crippen molar-refractivity contribution in [2.24, 2.45) is 17.3 Å². The summed E-state index contributed by atoms with van der Waals surface area (Å²) in [5.74, 6) is 1.31. The lowest BCUT2D eigenvalue weighted by molar-refractivity contribution is -0.140. The van der Waals surface area contributed by atoms with E-state index >= 15 is 0 Å². The molecular weight excluding hydrogens is 236 g/mol. The first kappa shape index (κ1) is 14.4. The predicted octanol–water partition coefficient (Wildman–Crippen LogP) is 4.27. The van der Waals surface area contributed by atoms with Gasteiger partial charge in [0.25, 0.3) is 0 Å². The number of hydrogen-bond donors (Lipinski definition) is 0. The third kappa shape index (κ3) is 2.77. The van der Waals surface area contributed by atoms with Crippen LogP contribution in [-0.2, 0) is 9.53 Å². The SMILES string of the molecule is C=C1CC[C@@H](C(C)C)[C@@]12CC=C(COC(C)=O)CC2. The highest BCUT2D eigenvalue weighted by Gasteiger charge is 2.46. The van der Waals surface area contributed by atoms with E-state index in [4.69, 9.17) is 4.74 Å². The molecule has 0 bridgehead atoms. The minimum atomic E-state index is -0.188. The van der Waals surface area contributed by atoms with E-state index in [1.54, 1.807) is 0 Å². The zero-order valence-corrected chi connectivity index (χ0v) is 12.5. The topological polar surface area (TPSA) is 26.3 Å². The van der Waals surface area contributed by atoms with E-state index in [0.717, 1.165) is 24.7 Å². The Labute approximate surface area is 116 Å². The molecule has 0 aromatic rings. The maximum Gasteiger partial charge on any atom is 0.302 e. The number of allylic oxidation sites excluding steroid dienone is 2. The highest BCUT2D eigenvalue weighted by atomic mass is 16.5. The summed E-state index contributed by atoms with van der Waals surface area (Å²) in [6.07, 6.45) is 8.11. The zero-order chi connectivity index (χ0) is 14.0. The van der Waals surface area contributed by atoms with Crippen LogP contribution in [0, 0.1) is 17.3 Å². The third-order valence-electron chi connectivity index (χ3n) is 5.08. The Morgan fingerprint density at radius 2 is 2.26 bits per heavy atom. The molecule has 0 aliphatic heterocycles. The van der Waals surface area contributed by atoms with Crippen LogP contribution in [0.3, 0.4) is 0 Å². The molecule has 0 unspecified atom stereocenters. The Kier molecular flexibility index (Phi) is 4.17. The van der Waals surface area contributed by atoms with Gasteiger partial charge < -0.3 is 4.74 Å². The van der Waals surface area contributed by atoms with Crippen LogP contribution in [0.25, 0.3) is 0 Å². The number of rotatable bonds is 3. The van der Waals surface area contributed by atoms with Crippen LogP contribution in [0.5, 0.6) is 0 Å². The number of ether oxygens (including phenoxy) is 1. The fourth-order valence-electron chi connectivity index (χ4n) is 3.99. The molecule has 0 aromatic carbocycles. The van der Waals surface area contributed by atoms with E-state index in [-0.39, 0.29) is 5.97 Å². The molecule has 0 N–H and O–H groups in total. The number of hydrogen-bond acceptors (Lipinski definition) is 2. The van der Waals surface area contributed by atoms with Crippen molar-refractivity contribution < 1.29 is 9.53 Å². The minimum absolute atomic E-state index is 0.188. The summed E-state index contributed by atoms with van der Waals surface area (Å²) in [7, 11) is 0. The van der Waals surface area contributed by atoms with Crippen LogP contribution in [0.4, 0.5) is 0 Å². The van der Waals surface area contributed by atoms with Gasteiger partial charge in [-0.25, -0.2) is 0 Å². The molecule has 2 aliphatic carbocycles. The predicted molar refractivity (Wildman–Crippen MR) is 77.7 cm³/mol. The maximum atomic E-state index is 10.9. The lowest BCUT2D eigenvalue weighted by Gasteiger charge is -2.41. The van der Waals surface area contributed by atoms with Gasteiger partial charge >= 0.3 is 5.97 Å². The molecule has 2 rings (SSSR count). The molecule has 2 atom stereocenters. The molecule has 0 heterocycles.